The number of hydrogen-bond acceptors (Lipinski definition) is 6. The van der Waals surface area contributed by atoms with Gasteiger partial charge in [0.1, 0.15) is 12.1 Å². The van der Waals surface area contributed by atoms with E-state index in [1.54, 1.807) is 17.5 Å². The maximum Gasteiger partial charge on any atom is 0.264 e. The van der Waals surface area contributed by atoms with Gasteiger partial charge in [0, 0.05) is 19.6 Å². The van der Waals surface area contributed by atoms with Crippen molar-refractivity contribution in [3.63, 3.8) is 0 Å². The van der Waals surface area contributed by atoms with Crippen molar-refractivity contribution in [3.8, 4) is 0 Å². The average molecular weight is 471 g/mol. The third-order valence-corrected chi connectivity index (χ3v) is 8.19. The summed E-state index contributed by atoms with van der Waals surface area (Å²) in [5, 5.41) is 4.48. The number of rotatable bonds is 7. The van der Waals surface area contributed by atoms with Crippen LogP contribution in [-0.2, 0) is 19.6 Å². The zero-order valence-electron chi connectivity index (χ0n) is 17.7. The Morgan fingerprint density at radius 3 is 2.52 bits per heavy atom. The Labute approximate surface area is 187 Å². The standard InChI is InChI=1S/C20H30N4O5S2/c1-31(28,29)23-9-10-24(20(27)17-8-5-11-30-17)16(13-23)19(26)22-15(18(21)25)12-14-6-3-2-4-7-14/h5,8,11,14-16H,2-4,6-7,9-10,12-13H2,1H3,(H2,21,25)(H,22,26). The summed E-state index contributed by atoms with van der Waals surface area (Å²) < 4.78 is 25.3. The predicted molar refractivity (Wildman–Crippen MR) is 118 cm³/mol. The minimum Gasteiger partial charge on any atom is -0.368 e. The van der Waals surface area contributed by atoms with Crippen molar-refractivity contribution in [1.82, 2.24) is 14.5 Å². The summed E-state index contributed by atoms with van der Waals surface area (Å²) in [5.41, 5.74) is 5.56. The van der Waals surface area contributed by atoms with Crippen LogP contribution in [0.3, 0.4) is 0 Å². The lowest BCUT2D eigenvalue weighted by Crippen LogP contribution is -2.63. The normalized spacial score (nSPS) is 22.1. The molecule has 1 aliphatic heterocycles. The number of nitrogens with two attached hydrogens (primary N) is 1. The number of primary amides is 1. The Morgan fingerprint density at radius 2 is 1.94 bits per heavy atom. The number of thiophene rings is 1. The number of piperazine rings is 1. The fraction of sp³-hybridized carbons (Fsp3) is 0.650. The highest BCUT2D eigenvalue weighted by Crippen LogP contribution is 2.27. The molecule has 1 saturated carbocycles. The first-order valence-corrected chi connectivity index (χ1v) is 13.3. The summed E-state index contributed by atoms with van der Waals surface area (Å²) in [6.07, 6.45) is 6.89. The predicted octanol–water partition coefficient (Wildman–Crippen LogP) is 0.775. The lowest BCUT2D eigenvalue weighted by molar-refractivity contribution is -0.131. The van der Waals surface area contributed by atoms with Gasteiger partial charge in [-0.1, -0.05) is 38.2 Å². The van der Waals surface area contributed by atoms with Crippen molar-refractivity contribution < 1.29 is 22.8 Å². The molecule has 2 fully saturated rings. The molecule has 3 amide bonds. The first kappa shape index (κ1) is 23.7. The summed E-state index contributed by atoms with van der Waals surface area (Å²) in [6.45, 7) is 0.0451. The van der Waals surface area contributed by atoms with Crippen LogP contribution >= 0.6 is 11.3 Å². The molecule has 9 nitrogen and oxygen atoms in total. The second-order valence-corrected chi connectivity index (χ2v) is 11.2. The number of amides is 3. The Balaban J connectivity index is 1.77. The zero-order valence-corrected chi connectivity index (χ0v) is 19.3. The van der Waals surface area contributed by atoms with Crippen molar-refractivity contribution >= 4 is 39.1 Å². The SMILES string of the molecule is CS(=O)(=O)N1CCN(C(=O)c2cccs2)C(C(=O)NC(CC2CCCCC2)C(N)=O)C1. The first-order valence-electron chi connectivity index (χ1n) is 10.6. The van der Waals surface area contributed by atoms with E-state index < -0.39 is 33.9 Å². The highest BCUT2D eigenvalue weighted by molar-refractivity contribution is 7.88. The second-order valence-electron chi connectivity index (χ2n) is 8.32. The van der Waals surface area contributed by atoms with Gasteiger partial charge in [-0.05, 0) is 23.8 Å². The maximum atomic E-state index is 13.2. The van der Waals surface area contributed by atoms with Crippen LogP contribution in [0.15, 0.2) is 17.5 Å². The summed E-state index contributed by atoms with van der Waals surface area (Å²) in [5.74, 6) is -1.19. The van der Waals surface area contributed by atoms with Crippen molar-refractivity contribution in [2.75, 3.05) is 25.9 Å². The van der Waals surface area contributed by atoms with Crippen LogP contribution in [0, 0.1) is 5.92 Å². The van der Waals surface area contributed by atoms with Gasteiger partial charge >= 0.3 is 0 Å². The van der Waals surface area contributed by atoms with E-state index in [0.717, 1.165) is 31.9 Å². The van der Waals surface area contributed by atoms with Gasteiger partial charge < -0.3 is 16.0 Å². The molecule has 1 aliphatic carbocycles. The number of hydrogen-bond donors (Lipinski definition) is 2. The minimum absolute atomic E-state index is 0.0890. The van der Waals surface area contributed by atoms with Crippen molar-refractivity contribution in [2.24, 2.45) is 11.7 Å². The van der Waals surface area contributed by atoms with E-state index >= 15 is 0 Å². The molecule has 1 aromatic rings. The molecular formula is C20H30N4O5S2. The van der Waals surface area contributed by atoms with Gasteiger partial charge in [0.2, 0.25) is 21.8 Å². The number of nitrogens with one attached hydrogen (secondary N) is 1. The Bertz CT molecular complexity index is 897. The lowest BCUT2D eigenvalue weighted by Gasteiger charge is -2.39. The van der Waals surface area contributed by atoms with Crippen molar-refractivity contribution in [1.29, 1.82) is 0 Å². The van der Waals surface area contributed by atoms with E-state index in [0.29, 0.717) is 17.2 Å². The Morgan fingerprint density at radius 1 is 1.23 bits per heavy atom. The van der Waals surface area contributed by atoms with Crippen molar-refractivity contribution in [3.05, 3.63) is 22.4 Å². The fourth-order valence-electron chi connectivity index (χ4n) is 4.34. The molecule has 1 aromatic heterocycles. The van der Waals surface area contributed by atoms with Gasteiger partial charge in [0.25, 0.3) is 5.91 Å². The molecule has 0 radical (unpaired) electrons. The van der Waals surface area contributed by atoms with Crippen LogP contribution < -0.4 is 11.1 Å². The topological polar surface area (TPSA) is 130 Å². The average Bonchev–Trinajstić information content (AvgIpc) is 3.27. The molecule has 3 N–H and O–H groups in total. The summed E-state index contributed by atoms with van der Waals surface area (Å²) >= 11 is 1.26. The van der Waals surface area contributed by atoms with E-state index in [9.17, 15) is 22.8 Å². The van der Waals surface area contributed by atoms with Crippen LogP contribution in [-0.4, -0.2) is 73.3 Å². The van der Waals surface area contributed by atoms with Crippen LogP contribution in [0.1, 0.15) is 48.2 Å². The number of nitrogens with zero attached hydrogens (tertiary/aromatic N) is 2. The Kier molecular flexibility index (Phi) is 7.71. The Hall–Kier alpha value is -1.98. The quantitative estimate of drug-likeness (QED) is 0.608. The molecule has 1 saturated heterocycles. The number of sulfonamides is 1. The van der Waals surface area contributed by atoms with Gasteiger partial charge in [0.05, 0.1) is 11.1 Å². The highest BCUT2D eigenvalue weighted by Gasteiger charge is 2.40. The zero-order chi connectivity index (χ0) is 22.6. The molecule has 2 atom stereocenters. The summed E-state index contributed by atoms with van der Waals surface area (Å²) in [4.78, 5) is 40.0. The van der Waals surface area contributed by atoms with Gasteiger partial charge in [-0.3, -0.25) is 14.4 Å². The number of carbonyl (C=O) groups is 3. The highest BCUT2D eigenvalue weighted by atomic mass is 32.2. The summed E-state index contributed by atoms with van der Waals surface area (Å²) in [7, 11) is -3.54. The molecular weight excluding hydrogens is 440 g/mol. The molecule has 2 unspecified atom stereocenters. The van der Waals surface area contributed by atoms with Gasteiger partial charge in [-0.15, -0.1) is 11.3 Å². The third-order valence-electron chi connectivity index (χ3n) is 6.06. The largest absolute Gasteiger partial charge is 0.368 e. The van der Waals surface area contributed by atoms with Crippen LogP contribution in [0.2, 0.25) is 0 Å². The smallest absolute Gasteiger partial charge is 0.264 e. The lowest BCUT2D eigenvalue weighted by atomic mass is 9.84. The van der Waals surface area contributed by atoms with E-state index in [4.69, 9.17) is 5.73 Å². The first-order chi connectivity index (χ1) is 14.7. The summed E-state index contributed by atoms with van der Waals surface area (Å²) in [6, 6.07) is 1.53. The van der Waals surface area contributed by atoms with E-state index in [2.05, 4.69) is 5.32 Å². The van der Waals surface area contributed by atoms with E-state index in [1.165, 1.54) is 27.0 Å². The molecule has 2 heterocycles. The second kappa shape index (κ2) is 10.1. The van der Waals surface area contributed by atoms with Gasteiger partial charge in [-0.2, -0.15) is 4.31 Å². The minimum atomic E-state index is -3.54. The van der Waals surface area contributed by atoms with Gasteiger partial charge in [-0.25, -0.2) is 8.42 Å². The van der Waals surface area contributed by atoms with E-state index in [-0.39, 0.29) is 25.5 Å². The van der Waals surface area contributed by atoms with E-state index in [1.807, 2.05) is 0 Å². The molecule has 0 aromatic carbocycles. The fourth-order valence-corrected chi connectivity index (χ4v) is 5.84. The molecule has 0 spiro atoms. The monoisotopic (exact) mass is 470 g/mol. The molecule has 11 heteroatoms. The van der Waals surface area contributed by atoms with Crippen LogP contribution in [0.25, 0.3) is 0 Å². The van der Waals surface area contributed by atoms with Crippen molar-refractivity contribution in [2.45, 2.75) is 50.6 Å². The maximum absolute atomic E-state index is 13.2. The molecule has 0 bridgehead atoms. The van der Waals surface area contributed by atoms with Crippen LogP contribution in [0.5, 0.6) is 0 Å². The molecule has 2 aliphatic rings. The molecule has 3 rings (SSSR count). The third kappa shape index (κ3) is 6.05. The molecule has 172 valence electrons. The van der Waals surface area contributed by atoms with Crippen LogP contribution in [0.4, 0.5) is 0 Å². The number of carbonyl (C=O) groups excluding carboxylic acids is 3. The van der Waals surface area contributed by atoms with Gasteiger partial charge in [0.15, 0.2) is 0 Å². The molecule has 31 heavy (non-hydrogen) atoms.